The summed E-state index contributed by atoms with van der Waals surface area (Å²) in [6, 6.07) is 8.30. The zero-order chi connectivity index (χ0) is 52.0. The summed E-state index contributed by atoms with van der Waals surface area (Å²) < 4.78 is 29.0. The summed E-state index contributed by atoms with van der Waals surface area (Å²) in [6.07, 6.45) is 4.61. The van der Waals surface area contributed by atoms with E-state index in [0.717, 1.165) is 53.7 Å². The second-order valence-electron chi connectivity index (χ2n) is 19.7. The molecule has 2 aromatic rings. The van der Waals surface area contributed by atoms with Gasteiger partial charge in [0.25, 0.3) is 0 Å². The van der Waals surface area contributed by atoms with Gasteiger partial charge in [0.15, 0.2) is 5.72 Å². The van der Waals surface area contributed by atoms with Crippen molar-refractivity contribution in [2.45, 2.75) is 146 Å². The van der Waals surface area contributed by atoms with Gasteiger partial charge in [0.1, 0.15) is 40.7 Å². The third-order valence-electron chi connectivity index (χ3n) is 13.7. The van der Waals surface area contributed by atoms with Crippen molar-refractivity contribution >= 4 is 80.1 Å². The molecule has 0 spiro atoms. The quantitative estimate of drug-likeness (QED) is 0.0294. The third kappa shape index (κ3) is 13.6. The van der Waals surface area contributed by atoms with Crippen LogP contribution in [0.4, 0.5) is 16.2 Å². The second-order valence-corrected chi connectivity index (χ2v) is 23.2. The first kappa shape index (κ1) is 55.5. The van der Waals surface area contributed by atoms with Crippen LogP contribution in [-0.4, -0.2) is 126 Å². The summed E-state index contributed by atoms with van der Waals surface area (Å²) in [5.74, 6) is -1.56. The highest BCUT2D eigenvalue weighted by Gasteiger charge is 2.64. The summed E-state index contributed by atoms with van der Waals surface area (Å²) in [7, 11) is 8.94. The molecule has 4 aliphatic rings. The van der Waals surface area contributed by atoms with Gasteiger partial charge in [-0.15, -0.1) is 0 Å². The zero-order valence-corrected chi connectivity index (χ0v) is 44.7. The number of benzene rings is 2. The Balaban J connectivity index is 1.12. The van der Waals surface area contributed by atoms with Crippen LogP contribution in [0.15, 0.2) is 59.2 Å². The van der Waals surface area contributed by atoms with Crippen molar-refractivity contribution in [2.75, 3.05) is 44.7 Å². The number of aliphatic hydroxyl groups is 1. The van der Waals surface area contributed by atoms with Gasteiger partial charge in [-0.1, -0.05) is 70.0 Å². The van der Waals surface area contributed by atoms with E-state index >= 15 is 0 Å². The minimum atomic E-state index is -1.86. The van der Waals surface area contributed by atoms with E-state index < -0.39 is 70.4 Å². The van der Waals surface area contributed by atoms with E-state index in [1.807, 2.05) is 45.0 Å². The largest absolute Gasteiger partial charge is 0.495 e. The van der Waals surface area contributed by atoms with Gasteiger partial charge >= 0.3 is 12.1 Å². The molecule has 8 atom stereocenters. The predicted molar refractivity (Wildman–Crippen MR) is 277 cm³/mol. The highest BCUT2D eigenvalue weighted by Crippen LogP contribution is 2.49. The zero-order valence-electron chi connectivity index (χ0n) is 42.3. The van der Waals surface area contributed by atoms with Crippen molar-refractivity contribution in [1.82, 2.24) is 15.6 Å². The number of rotatable bonds is 13. The van der Waals surface area contributed by atoms with Gasteiger partial charge in [0.05, 0.1) is 31.0 Å². The molecule has 71 heavy (non-hydrogen) atoms. The van der Waals surface area contributed by atoms with Crippen LogP contribution in [0.2, 0.25) is 5.02 Å². The van der Waals surface area contributed by atoms with Crippen LogP contribution in [-0.2, 0) is 51.0 Å². The lowest BCUT2D eigenvalue weighted by atomic mass is 9.83. The Kier molecular flexibility index (Phi) is 18.3. The van der Waals surface area contributed by atoms with Crippen molar-refractivity contribution in [1.29, 1.82) is 0 Å². The Morgan fingerprint density at radius 1 is 1.17 bits per heavy atom. The Morgan fingerprint density at radius 2 is 1.90 bits per heavy atom. The first-order chi connectivity index (χ1) is 33.5. The maximum absolute atomic E-state index is 14.4. The molecule has 3 aliphatic heterocycles. The van der Waals surface area contributed by atoms with Crippen LogP contribution in [0.5, 0.6) is 5.75 Å². The lowest BCUT2D eigenvalue weighted by Crippen LogP contribution is -2.63. The van der Waals surface area contributed by atoms with E-state index in [1.54, 1.807) is 52.1 Å². The van der Waals surface area contributed by atoms with Crippen LogP contribution >= 0.6 is 33.2 Å². The molecule has 2 aromatic carbocycles. The van der Waals surface area contributed by atoms with Crippen LogP contribution in [0.25, 0.3) is 0 Å². The number of hydrogen-bond donors (Lipinski definition) is 4. The standard InChI is InChI=1S/C51H69ClN6O11S2/c1-29-14-13-17-40(66-10)51(64)27-39(67-48(63)54-51)30(2)46-50(6,69-46)41(26-44(61)58(8)37-23-32(22-29)24-38(65-9)45(37)52)68-47(62)31(3)57(7)43(60)20-21-70-71-49(4,5)28-42(59)56-55-36-16-12-11-15-33-25-34(53)18-19-35(33)36/h13-14,17-19,23-25,30-31,39-41,46,64H,11-12,15-16,20-22,26-28,53H2,1-10H3,(H,54,63)(H,56,59)/b17-13+,29-14+,55-36-/t30-,31+,39+,40-,41+,46+,50?,51+/m1/s1. The number of nitrogens with two attached hydrogens (primary N) is 1. The van der Waals surface area contributed by atoms with Gasteiger partial charge in [0.2, 0.25) is 17.7 Å². The summed E-state index contributed by atoms with van der Waals surface area (Å²) in [4.78, 5) is 70.8. The summed E-state index contributed by atoms with van der Waals surface area (Å²) in [5, 5.41) is 19.1. The number of methoxy groups -OCH3 is 2. The van der Waals surface area contributed by atoms with Gasteiger partial charge in [-0.25, -0.2) is 15.0 Å². The lowest BCUT2D eigenvalue weighted by molar-refractivity contribution is -0.162. The molecule has 4 bridgehead atoms. The molecule has 4 amide bonds. The molecule has 1 unspecified atom stereocenters. The van der Waals surface area contributed by atoms with E-state index in [-0.39, 0.29) is 42.5 Å². The maximum Gasteiger partial charge on any atom is 0.409 e. The van der Waals surface area contributed by atoms with Gasteiger partial charge in [0, 0.05) is 68.1 Å². The number of amides is 4. The minimum absolute atomic E-state index is 0.0757. The molecule has 6 rings (SSSR count). The Bertz CT molecular complexity index is 2440. The van der Waals surface area contributed by atoms with Crippen molar-refractivity contribution in [2.24, 2.45) is 11.0 Å². The maximum atomic E-state index is 14.4. The molecule has 20 heteroatoms. The van der Waals surface area contributed by atoms with Crippen molar-refractivity contribution in [3.8, 4) is 5.75 Å². The second kappa shape index (κ2) is 23.4. The van der Waals surface area contributed by atoms with Gasteiger partial charge in [-0.05, 0) is 102 Å². The Morgan fingerprint density at radius 3 is 2.62 bits per heavy atom. The minimum Gasteiger partial charge on any atom is -0.495 e. The summed E-state index contributed by atoms with van der Waals surface area (Å²) in [5.41, 5.74) is 11.4. The fraction of sp³-hybridized carbons (Fsp3) is 0.569. The number of aryl methyl sites for hydroxylation is 1. The SMILES string of the molecule is COc1cc2cc(c1Cl)N(C)C(=O)C[C@H](OC(=O)[C@H](C)N(C)C(=O)CCSSC(C)(C)CC(=O)N/N=C1/CCCCc3cc(N)ccc31)C1(C)O[C@H]1[C@H](C)[C@@H]1C[C@@](O)(NC(=O)O1)[C@H](OC)/C=C/C=C(\C)C2. The van der Waals surface area contributed by atoms with E-state index in [9.17, 15) is 29.1 Å². The predicted octanol–water partition coefficient (Wildman–Crippen LogP) is 7.28. The molecular formula is C51H69ClN6O11S2. The topological polar surface area (TPSA) is 224 Å². The number of esters is 1. The molecule has 0 radical (unpaired) electrons. The summed E-state index contributed by atoms with van der Waals surface area (Å²) >= 11 is 6.83. The van der Waals surface area contributed by atoms with Gasteiger partial charge in [-0.2, -0.15) is 5.10 Å². The van der Waals surface area contributed by atoms with Crippen LogP contribution in [0.3, 0.4) is 0 Å². The monoisotopic (exact) mass is 1040 g/mol. The number of carbonyl (C=O) groups is 5. The molecule has 5 N–H and O–H groups in total. The molecule has 2 fully saturated rings. The van der Waals surface area contributed by atoms with Crippen molar-refractivity contribution in [3.63, 3.8) is 0 Å². The first-order valence-corrected chi connectivity index (χ1v) is 26.6. The number of hydrogen-bond acceptors (Lipinski definition) is 15. The number of nitrogens with one attached hydrogen (secondary N) is 2. The molecule has 388 valence electrons. The van der Waals surface area contributed by atoms with Gasteiger partial charge < -0.3 is 44.3 Å². The van der Waals surface area contributed by atoms with E-state index in [2.05, 4.69) is 15.8 Å². The van der Waals surface area contributed by atoms with E-state index in [0.29, 0.717) is 29.3 Å². The van der Waals surface area contributed by atoms with Crippen LogP contribution in [0.1, 0.15) is 103 Å². The number of carbonyl (C=O) groups excluding carboxylic acids is 5. The van der Waals surface area contributed by atoms with Crippen LogP contribution in [0, 0.1) is 5.92 Å². The van der Waals surface area contributed by atoms with Crippen molar-refractivity contribution < 1.29 is 52.8 Å². The highest BCUT2D eigenvalue weighted by atomic mass is 35.5. The number of alkyl carbamates (subject to hydrolysis) is 1. The molecule has 1 aliphatic carbocycles. The average molecular weight is 1040 g/mol. The first-order valence-electron chi connectivity index (χ1n) is 23.9. The Labute approximate surface area is 429 Å². The normalized spacial score (nSPS) is 28.1. The number of anilines is 2. The lowest BCUT2D eigenvalue weighted by Gasteiger charge is -2.42. The fourth-order valence-corrected chi connectivity index (χ4v) is 12.1. The number of allylic oxidation sites excluding steroid dienone is 3. The number of hydrazone groups is 1. The fourth-order valence-electron chi connectivity index (χ4n) is 9.27. The molecule has 3 heterocycles. The molecule has 2 saturated heterocycles. The highest BCUT2D eigenvalue weighted by molar-refractivity contribution is 8.77. The number of ether oxygens (including phenoxy) is 5. The van der Waals surface area contributed by atoms with Gasteiger partial charge in [-0.3, -0.25) is 19.7 Å². The van der Waals surface area contributed by atoms with E-state index in [4.69, 9.17) is 41.0 Å². The number of likely N-dealkylation sites (N-methyl/N-ethyl adjacent to an activating group) is 1. The molecule has 0 saturated carbocycles. The number of nitrogens with zero attached hydrogens (tertiary/aromatic N) is 3. The molecular weight excluding hydrogens is 972 g/mol. The average Bonchev–Trinajstić information content (AvgIpc) is 4.06. The smallest absolute Gasteiger partial charge is 0.409 e. The number of nitrogen functional groups attached to an aromatic ring is 1. The summed E-state index contributed by atoms with van der Waals surface area (Å²) in [6.45, 7) is 10.9. The van der Waals surface area contributed by atoms with E-state index in [1.165, 1.54) is 52.7 Å². The third-order valence-corrected chi connectivity index (χ3v) is 17.3. The molecule has 17 nitrogen and oxygen atoms in total. The number of halogens is 1. The number of fused-ring (bicyclic) bond motifs is 6. The van der Waals surface area contributed by atoms with Crippen LogP contribution < -0.4 is 26.1 Å². The number of epoxide rings is 1. The van der Waals surface area contributed by atoms with Crippen molar-refractivity contribution in [3.05, 3.63) is 75.8 Å². The Hall–Kier alpha value is -4.79. The molecule has 0 aromatic heterocycles.